The summed E-state index contributed by atoms with van der Waals surface area (Å²) in [7, 11) is 0. The van der Waals surface area contributed by atoms with Gasteiger partial charge in [0.2, 0.25) is 0 Å². The van der Waals surface area contributed by atoms with Crippen molar-refractivity contribution in [3.05, 3.63) is 21.9 Å². The molecule has 0 aliphatic carbocycles. The van der Waals surface area contributed by atoms with Gasteiger partial charge in [-0.05, 0) is 32.9 Å². The first-order chi connectivity index (χ1) is 8.04. The number of hydrogen-bond donors (Lipinski definition) is 0. The van der Waals surface area contributed by atoms with Crippen LogP contribution in [-0.4, -0.2) is 29.8 Å². The maximum Gasteiger partial charge on any atom is 0.186 e. The van der Waals surface area contributed by atoms with Gasteiger partial charge in [0.05, 0.1) is 17.5 Å². The van der Waals surface area contributed by atoms with Crippen molar-refractivity contribution < 1.29 is 4.79 Å². The van der Waals surface area contributed by atoms with Crippen LogP contribution in [0, 0.1) is 18.3 Å². The van der Waals surface area contributed by atoms with E-state index in [0.717, 1.165) is 9.75 Å². The number of thiophene rings is 1. The summed E-state index contributed by atoms with van der Waals surface area (Å²) in [6.07, 6.45) is 0.467. The second-order valence-corrected chi connectivity index (χ2v) is 5.59. The zero-order chi connectivity index (χ0) is 12.8. The van der Waals surface area contributed by atoms with Crippen molar-refractivity contribution in [3.63, 3.8) is 0 Å². The van der Waals surface area contributed by atoms with Gasteiger partial charge in [-0.3, -0.25) is 9.69 Å². The van der Waals surface area contributed by atoms with Gasteiger partial charge in [0, 0.05) is 23.9 Å². The number of hydrogen-bond acceptors (Lipinski definition) is 4. The van der Waals surface area contributed by atoms with Crippen molar-refractivity contribution >= 4 is 17.1 Å². The minimum atomic E-state index is 0.148. The topological polar surface area (TPSA) is 44.1 Å². The summed E-state index contributed by atoms with van der Waals surface area (Å²) in [6.45, 7) is 7.15. The van der Waals surface area contributed by atoms with Crippen molar-refractivity contribution in [2.75, 3.05) is 13.1 Å². The van der Waals surface area contributed by atoms with Crippen LogP contribution in [0.15, 0.2) is 12.1 Å². The highest BCUT2D eigenvalue weighted by Gasteiger charge is 2.16. The lowest BCUT2D eigenvalue weighted by Gasteiger charge is -2.24. The van der Waals surface area contributed by atoms with Gasteiger partial charge in [0.25, 0.3) is 0 Å². The van der Waals surface area contributed by atoms with Crippen LogP contribution in [0.1, 0.15) is 34.8 Å². The van der Waals surface area contributed by atoms with Crippen molar-refractivity contribution in [1.29, 1.82) is 5.26 Å². The molecule has 0 spiro atoms. The van der Waals surface area contributed by atoms with Crippen molar-refractivity contribution in [2.24, 2.45) is 0 Å². The largest absolute Gasteiger partial charge is 0.292 e. The molecule has 1 aromatic rings. The predicted molar refractivity (Wildman–Crippen MR) is 70.3 cm³/mol. The Labute approximate surface area is 107 Å². The first-order valence-corrected chi connectivity index (χ1v) is 6.57. The van der Waals surface area contributed by atoms with Gasteiger partial charge in [-0.15, -0.1) is 11.3 Å². The van der Waals surface area contributed by atoms with E-state index in [4.69, 9.17) is 5.26 Å². The average Bonchev–Trinajstić information content (AvgIpc) is 2.70. The van der Waals surface area contributed by atoms with Gasteiger partial charge < -0.3 is 0 Å². The van der Waals surface area contributed by atoms with E-state index in [1.807, 2.05) is 37.8 Å². The molecule has 0 atom stereocenters. The average molecular weight is 250 g/mol. The van der Waals surface area contributed by atoms with Gasteiger partial charge in [0.1, 0.15) is 0 Å². The first-order valence-electron chi connectivity index (χ1n) is 5.75. The van der Waals surface area contributed by atoms with Crippen LogP contribution in [0.5, 0.6) is 0 Å². The predicted octanol–water partition coefficient (Wildman–Crippen LogP) is 2.86. The van der Waals surface area contributed by atoms with E-state index in [1.165, 1.54) is 11.3 Å². The van der Waals surface area contributed by atoms with Crippen LogP contribution < -0.4 is 0 Å². The third-order valence-electron chi connectivity index (χ3n) is 2.60. The standard InChI is InChI=1S/C13H18N2OS/c1-10(2)15(8-4-7-14)9-12(16)13-6-5-11(3)17-13/h5-6,10H,4,8-9H2,1-3H3. The second-order valence-electron chi connectivity index (χ2n) is 4.31. The highest BCUT2D eigenvalue weighted by molar-refractivity contribution is 7.14. The highest BCUT2D eigenvalue weighted by atomic mass is 32.1. The lowest BCUT2D eigenvalue weighted by atomic mass is 10.2. The minimum absolute atomic E-state index is 0.148. The molecule has 0 radical (unpaired) electrons. The SMILES string of the molecule is Cc1ccc(C(=O)CN(CCC#N)C(C)C)s1. The lowest BCUT2D eigenvalue weighted by molar-refractivity contribution is 0.0912. The number of nitrogens with zero attached hydrogens (tertiary/aromatic N) is 2. The van der Waals surface area contributed by atoms with E-state index in [2.05, 4.69) is 6.07 Å². The van der Waals surface area contributed by atoms with Crippen LogP contribution >= 0.6 is 11.3 Å². The zero-order valence-corrected chi connectivity index (χ0v) is 11.4. The maximum atomic E-state index is 12.0. The van der Waals surface area contributed by atoms with Crippen LogP contribution in [0.2, 0.25) is 0 Å². The summed E-state index contributed by atoms with van der Waals surface area (Å²) in [5.41, 5.74) is 0. The van der Waals surface area contributed by atoms with Gasteiger partial charge in [-0.2, -0.15) is 5.26 Å². The molecule has 0 aliphatic heterocycles. The van der Waals surface area contributed by atoms with E-state index in [1.54, 1.807) is 0 Å². The molecule has 4 heteroatoms. The number of Topliss-reactive ketones (excluding diaryl/α,β-unsaturated/α-hetero) is 1. The Morgan fingerprint density at radius 2 is 2.24 bits per heavy atom. The fraction of sp³-hybridized carbons (Fsp3) is 0.538. The summed E-state index contributed by atoms with van der Waals surface area (Å²) in [4.78, 5) is 16.0. The number of rotatable bonds is 6. The van der Waals surface area contributed by atoms with Gasteiger partial charge in [-0.25, -0.2) is 0 Å². The van der Waals surface area contributed by atoms with E-state index >= 15 is 0 Å². The molecule has 0 saturated heterocycles. The first kappa shape index (κ1) is 13.9. The Hall–Kier alpha value is -1.18. The van der Waals surface area contributed by atoms with Crippen molar-refractivity contribution in [2.45, 2.75) is 33.2 Å². The molecule has 0 amide bonds. The molecule has 17 heavy (non-hydrogen) atoms. The van der Waals surface area contributed by atoms with Crippen molar-refractivity contribution in [3.8, 4) is 6.07 Å². The van der Waals surface area contributed by atoms with Gasteiger partial charge >= 0.3 is 0 Å². The summed E-state index contributed by atoms with van der Waals surface area (Å²) in [6, 6.07) is 6.25. The van der Waals surface area contributed by atoms with E-state index < -0.39 is 0 Å². The fourth-order valence-corrected chi connectivity index (χ4v) is 2.36. The fourth-order valence-electron chi connectivity index (χ4n) is 1.56. The summed E-state index contributed by atoms with van der Waals surface area (Å²) in [5.74, 6) is 0.148. The van der Waals surface area contributed by atoms with E-state index in [9.17, 15) is 4.79 Å². The molecule has 0 unspecified atom stereocenters. The Bertz CT molecular complexity index is 417. The highest BCUT2D eigenvalue weighted by Crippen LogP contribution is 2.16. The van der Waals surface area contributed by atoms with Crippen LogP contribution in [-0.2, 0) is 0 Å². The Morgan fingerprint density at radius 3 is 2.71 bits per heavy atom. The van der Waals surface area contributed by atoms with E-state index in [-0.39, 0.29) is 11.8 Å². The number of aryl methyl sites for hydroxylation is 1. The number of nitriles is 1. The molecule has 92 valence electrons. The Balaban J connectivity index is 2.61. The molecule has 3 nitrogen and oxygen atoms in total. The minimum Gasteiger partial charge on any atom is -0.292 e. The Kier molecular flexibility index (Phi) is 5.33. The maximum absolute atomic E-state index is 12.0. The van der Waals surface area contributed by atoms with Crippen LogP contribution in [0.3, 0.4) is 0 Å². The van der Waals surface area contributed by atoms with Crippen molar-refractivity contribution in [1.82, 2.24) is 4.90 Å². The molecule has 0 bridgehead atoms. The van der Waals surface area contributed by atoms with Crippen LogP contribution in [0.25, 0.3) is 0 Å². The molecule has 1 aromatic heterocycles. The number of carbonyl (C=O) groups is 1. The normalized spacial score (nSPS) is 10.8. The van der Waals surface area contributed by atoms with E-state index in [0.29, 0.717) is 19.5 Å². The number of carbonyl (C=O) groups excluding carboxylic acids is 1. The quantitative estimate of drug-likeness (QED) is 0.729. The molecule has 0 saturated carbocycles. The summed E-state index contributed by atoms with van der Waals surface area (Å²) >= 11 is 1.53. The zero-order valence-electron chi connectivity index (χ0n) is 10.6. The third-order valence-corrected chi connectivity index (χ3v) is 3.64. The third kappa shape index (κ3) is 4.29. The monoisotopic (exact) mass is 250 g/mol. The molecule has 1 heterocycles. The molecule has 0 fully saturated rings. The summed E-state index contributed by atoms with van der Waals surface area (Å²) in [5, 5.41) is 8.59. The summed E-state index contributed by atoms with van der Waals surface area (Å²) < 4.78 is 0. The number of ketones is 1. The molecular formula is C13H18N2OS. The lowest BCUT2D eigenvalue weighted by Crippen LogP contribution is -2.36. The Morgan fingerprint density at radius 1 is 1.53 bits per heavy atom. The molecule has 0 aliphatic rings. The molecule has 0 aromatic carbocycles. The van der Waals surface area contributed by atoms with Gasteiger partial charge in [-0.1, -0.05) is 0 Å². The molecular weight excluding hydrogens is 232 g/mol. The smallest absolute Gasteiger partial charge is 0.186 e. The second kappa shape index (κ2) is 6.53. The molecule has 1 rings (SSSR count). The molecule has 0 N–H and O–H groups in total. The van der Waals surface area contributed by atoms with Gasteiger partial charge in [0.15, 0.2) is 5.78 Å². The van der Waals surface area contributed by atoms with Crippen LogP contribution in [0.4, 0.5) is 0 Å².